The van der Waals surface area contributed by atoms with Crippen molar-refractivity contribution in [1.82, 2.24) is 0 Å². The van der Waals surface area contributed by atoms with Crippen LogP contribution in [-0.2, 0) is 0 Å². The fourth-order valence-electron chi connectivity index (χ4n) is 11.8. The molecule has 0 amide bonds. The van der Waals surface area contributed by atoms with Crippen molar-refractivity contribution >= 4 is 0 Å². The van der Waals surface area contributed by atoms with Gasteiger partial charge in [-0.2, -0.15) is 0 Å². The summed E-state index contributed by atoms with van der Waals surface area (Å²) in [5.41, 5.74) is 1.12. The zero-order chi connectivity index (χ0) is 37.0. The van der Waals surface area contributed by atoms with E-state index in [2.05, 4.69) is 88.3 Å². The number of hydrogen-bond acceptors (Lipinski definition) is 0. The predicted molar refractivity (Wildman–Crippen MR) is 228 cm³/mol. The van der Waals surface area contributed by atoms with Crippen molar-refractivity contribution in [3.05, 3.63) is 12.2 Å². The van der Waals surface area contributed by atoms with Gasteiger partial charge in [0.05, 0.1) is 0 Å². The molecule has 0 aromatic carbocycles. The molecule has 0 bridgehead atoms. The van der Waals surface area contributed by atoms with Crippen LogP contribution in [0.5, 0.6) is 0 Å². The van der Waals surface area contributed by atoms with Gasteiger partial charge in [0.15, 0.2) is 0 Å². The summed E-state index contributed by atoms with van der Waals surface area (Å²) in [6.45, 7) is 27.4. The van der Waals surface area contributed by atoms with E-state index >= 15 is 0 Å². The Balaban J connectivity index is 2.22. The summed E-state index contributed by atoms with van der Waals surface area (Å²) in [7, 11) is 0. The minimum atomic E-state index is 0.505. The van der Waals surface area contributed by atoms with E-state index in [1.54, 1.807) is 12.8 Å². The molecule has 0 radical (unpaired) electrons. The zero-order valence-electron chi connectivity index (χ0n) is 36.7. The van der Waals surface area contributed by atoms with Gasteiger partial charge in [0, 0.05) is 0 Å². The molecule has 0 heteroatoms. The second-order valence-corrected chi connectivity index (χ2v) is 19.9. The Morgan fingerprint density at radius 1 is 0.780 bits per heavy atom. The Morgan fingerprint density at radius 3 is 2.18 bits per heavy atom. The van der Waals surface area contributed by atoms with Crippen LogP contribution in [0.15, 0.2) is 12.2 Å². The molecule has 10 atom stereocenters. The molecular weight excluding hydrogens is 601 g/mol. The normalized spacial score (nSPS) is 28.3. The average Bonchev–Trinajstić information content (AvgIpc) is 3.16. The van der Waals surface area contributed by atoms with Crippen LogP contribution < -0.4 is 0 Å². The zero-order valence-corrected chi connectivity index (χ0v) is 36.7. The third-order valence-electron chi connectivity index (χ3n) is 15.2. The Labute approximate surface area is 318 Å². The maximum Gasteiger partial charge on any atom is -0.0262 e. The van der Waals surface area contributed by atoms with Crippen molar-refractivity contribution in [3.63, 3.8) is 0 Å². The predicted octanol–water partition coefficient (Wildman–Crippen LogP) is 17.4. The maximum absolute atomic E-state index is 2.65. The molecule has 0 spiro atoms. The van der Waals surface area contributed by atoms with Crippen molar-refractivity contribution in [2.45, 2.75) is 243 Å². The minimum Gasteiger partial charge on any atom is -0.0885 e. The van der Waals surface area contributed by atoms with E-state index in [1.165, 1.54) is 154 Å². The van der Waals surface area contributed by atoms with Crippen molar-refractivity contribution in [3.8, 4) is 0 Å². The van der Waals surface area contributed by atoms with Gasteiger partial charge in [-0.05, 0) is 128 Å². The summed E-state index contributed by atoms with van der Waals surface area (Å²) in [5.74, 6) is 8.38. The lowest BCUT2D eigenvalue weighted by Gasteiger charge is -2.51. The topological polar surface area (TPSA) is 0 Å². The number of hydrogen-bond donors (Lipinski definition) is 0. The van der Waals surface area contributed by atoms with Crippen molar-refractivity contribution in [1.29, 1.82) is 0 Å². The highest BCUT2D eigenvalue weighted by atomic mass is 14.5. The first kappa shape index (κ1) is 45.9. The molecule has 0 nitrogen and oxygen atoms in total. The van der Waals surface area contributed by atoms with Crippen molar-refractivity contribution in [2.75, 3.05) is 0 Å². The van der Waals surface area contributed by atoms with Crippen molar-refractivity contribution in [2.24, 2.45) is 64.1 Å². The molecule has 2 fully saturated rings. The summed E-state index contributed by atoms with van der Waals surface area (Å²) in [5, 5.41) is 0. The quantitative estimate of drug-likeness (QED) is 0.0790. The average molecular weight is 697 g/mol. The lowest BCUT2D eigenvalue weighted by atomic mass is 9.54. The van der Waals surface area contributed by atoms with Crippen LogP contribution in [0.2, 0.25) is 0 Å². The van der Waals surface area contributed by atoms with Crippen LogP contribution in [0, 0.1) is 64.1 Å². The largest absolute Gasteiger partial charge is 0.0885 e. The maximum atomic E-state index is 2.65. The summed E-state index contributed by atoms with van der Waals surface area (Å²) in [6, 6.07) is 0. The monoisotopic (exact) mass is 697 g/mol. The Bertz CT molecular complexity index is 850. The van der Waals surface area contributed by atoms with Crippen molar-refractivity contribution < 1.29 is 0 Å². The number of rotatable bonds is 26. The molecule has 0 heterocycles. The third-order valence-corrected chi connectivity index (χ3v) is 15.2. The molecule has 0 saturated heterocycles. The van der Waals surface area contributed by atoms with E-state index in [0.717, 1.165) is 53.3 Å². The first-order valence-electron chi connectivity index (χ1n) is 23.6. The summed E-state index contributed by atoms with van der Waals surface area (Å²) in [6.07, 6.45) is 42.6. The molecule has 0 aromatic rings. The van der Waals surface area contributed by atoms with Crippen LogP contribution in [0.1, 0.15) is 243 Å². The molecule has 0 aromatic heterocycles. The Hall–Kier alpha value is -0.260. The third kappa shape index (κ3) is 16.0. The lowest BCUT2D eigenvalue weighted by Crippen LogP contribution is -2.42. The molecule has 10 unspecified atom stereocenters. The van der Waals surface area contributed by atoms with Crippen LogP contribution >= 0.6 is 0 Å². The van der Waals surface area contributed by atoms with Crippen LogP contribution in [-0.4, -0.2) is 0 Å². The molecule has 2 aliphatic carbocycles. The van der Waals surface area contributed by atoms with E-state index in [9.17, 15) is 0 Å². The van der Waals surface area contributed by atoms with Gasteiger partial charge in [0.25, 0.3) is 0 Å². The highest BCUT2D eigenvalue weighted by molar-refractivity contribution is 4.96. The number of allylic oxidation sites excluding steroid dienone is 2. The second kappa shape index (κ2) is 24.9. The molecule has 2 saturated carbocycles. The van der Waals surface area contributed by atoms with E-state index in [1.807, 2.05) is 0 Å². The van der Waals surface area contributed by atoms with E-state index < -0.39 is 0 Å². The smallest absolute Gasteiger partial charge is 0.0262 e. The van der Waals surface area contributed by atoms with E-state index in [-0.39, 0.29) is 0 Å². The first-order valence-corrected chi connectivity index (χ1v) is 23.6. The first-order chi connectivity index (χ1) is 24.0. The van der Waals surface area contributed by atoms with Gasteiger partial charge in [0.1, 0.15) is 0 Å². The van der Waals surface area contributed by atoms with Gasteiger partial charge in [0.2, 0.25) is 0 Å². The van der Waals surface area contributed by atoms with Crippen LogP contribution in [0.4, 0.5) is 0 Å². The molecule has 2 rings (SSSR count). The lowest BCUT2D eigenvalue weighted by molar-refractivity contribution is -0.0126. The highest BCUT2D eigenvalue weighted by Crippen LogP contribution is 2.56. The standard InChI is InChI=1S/C50H96/c1-12-18-26-40(7)28-23-29-44(16-5)42(9)30-33-48-45(32-31-43(24-13-2)39-49(10,11)17-6)36-46(48)37-47(25-14-3)50(34-15-4)35-22-20-19-21-27-41(8)38-50/h18,26,40-48H,12-17,19-25,27-39H2,1-11H3. The molecule has 0 N–H and O–H groups in total. The van der Waals surface area contributed by atoms with E-state index in [0.29, 0.717) is 10.8 Å². The van der Waals surface area contributed by atoms with Gasteiger partial charge in [-0.15, -0.1) is 0 Å². The SMILES string of the molecule is CCC=CC(C)CCCC(CC)C(C)CCC1C(CCC(CCC)CC(C)(C)CC)CC1CC(CCC)C1(CCC)CCCCCCC(C)C1. The molecular formula is C50H96. The van der Waals surface area contributed by atoms with Gasteiger partial charge in [-0.1, -0.05) is 191 Å². The summed E-state index contributed by atoms with van der Waals surface area (Å²) < 4.78 is 0. The molecule has 0 aliphatic heterocycles. The van der Waals surface area contributed by atoms with E-state index in [4.69, 9.17) is 0 Å². The second-order valence-electron chi connectivity index (χ2n) is 19.9. The van der Waals surface area contributed by atoms with Crippen LogP contribution in [0.25, 0.3) is 0 Å². The van der Waals surface area contributed by atoms with Gasteiger partial charge in [-0.3, -0.25) is 0 Å². The van der Waals surface area contributed by atoms with Gasteiger partial charge >= 0.3 is 0 Å². The Kier molecular flexibility index (Phi) is 22.9. The Morgan fingerprint density at radius 2 is 1.52 bits per heavy atom. The highest BCUT2D eigenvalue weighted by Gasteiger charge is 2.46. The van der Waals surface area contributed by atoms with Gasteiger partial charge < -0.3 is 0 Å². The summed E-state index contributed by atoms with van der Waals surface area (Å²) >= 11 is 0. The van der Waals surface area contributed by atoms with Crippen LogP contribution in [0.3, 0.4) is 0 Å². The summed E-state index contributed by atoms with van der Waals surface area (Å²) in [4.78, 5) is 0. The van der Waals surface area contributed by atoms with Gasteiger partial charge in [-0.25, -0.2) is 0 Å². The molecule has 296 valence electrons. The molecule has 2 aliphatic rings. The molecule has 50 heavy (non-hydrogen) atoms. The fraction of sp³-hybridized carbons (Fsp3) is 0.960. The minimum absolute atomic E-state index is 0.505. The fourth-order valence-corrected chi connectivity index (χ4v) is 11.8.